The van der Waals surface area contributed by atoms with Crippen molar-refractivity contribution in [1.82, 2.24) is 19.8 Å². The lowest BCUT2D eigenvalue weighted by Gasteiger charge is -2.37. The van der Waals surface area contributed by atoms with Crippen LogP contribution < -0.4 is 5.73 Å². The highest BCUT2D eigenvalue weighted by molar-refractivity contribution is 9.10. The molecule has 2 N–H and O–H groups in total. The topological polar surface area (TPSA) is 58.3 Å². The molecule has 1 saturated heterocycles. The van der Waals surface area contributed by atoms with Gasteiger partial charge in [0, 0.05) is 37.5 Å². The summed E-state index contributed by atoms with van der Waals surface area (Å²) < 4.78 is 0.827. The van der Waals surface area contributed by atoms with Gasteiger partial charge in [0.15, 0.2) is 0 Å². The summed E-state index contributed by atoms with van der Waals surface area (Å²) in [5.41, 5.74) is 6.99. The number of hydrogen-bond donors (Lipinski definition) is 1. The highest BCUT2D eigenvalue weighted by atomic mass is 79.9. The van der Waals surface area contributed by atoms with E-state index in [0.717, 1.165) is 42.0 Å². The van der Waals surface area contributed by atoms with Gasteiger partial charge in [-0.1, -0.05) is 20.8 Å². The van der Waals surface area contributed by atoms with Crippen LogP contribution in [-0.4, -0.2) is 59.5 Å². The summed E-state index contributed by atoms with van der Waals surface area (Å²) in [7, 11) is 4.34. The normalized spacial score (nSPS) is 21.7. The van der Waals surface area contributed by atoms with Gasteiger partial charge >= 0.3 is 0 Å². The molecule has 6 heteroatoms. The molecule has 1 aliphatic rings. The summed E-state index contributed by atoms with van der Waals surface area (Å²) in [6, 6.07) is 0.442. The zero-order chi connectivity index (χ0) is 15.8. The first kappa shape index (κ1) is 16.6. The molecule has 0 saturated carbocycles. The molecule has 0 radical (unpaired) electrons. The van der Waals surface area contributed by atoms with Crippen molar-refractivity contribution in [2.45, 2.75) is 38.6 Å². The molecule has 1 aromatic rings. The first-order valence-corrected chi connectivity index (χ1v) is 8.19. The predicted molar refractivity (Wildman–Crippen MR) is 90.5 cm³/mol. The smallest absolute Gasteiger partial charge is 0.141 e. The first-order valence-electron chi connectivity index (χ1n) is 7.39. The second kappa shape index (κ2) is 6.18. The molecule has 21 heavy (non-hydrogen) atoms. The molecule has 2 rings (SSSR count). The van der Waals surface area contributed by atoms with E-state index < -0.39 is 0 Å². The SMILES string of the molecule is CN1CCN(C)C(Cc2nc(N)c(Br)c(C(C)(C)C)n2)C1. The zero-order valence-electron chi connectivity index (χ0n) is 13.6. The van der Waals surface area contributed by atoms with E-state index in [0.29, 0.717) is 11.9 Å². The van der Waals surface area contributed by atoms with Crippen LogP contribution in [-0.2, 0) is 11.8 Å². The molecule has 0 bridgehead atoms. The largest absolute Gasteiger partial charge is 0.383 e. The van der Waals surface area contributed by atoms with Gasteiger partial charge in [0.1, 0.15) is 11.6 Å². The maximum Gasteiger partial charge on any atom is 0.141 e. The maximum absolute atomic E-state index is 6.06. The zero-order valence-corrected chi connectivity index (χ0v) is 15.2. The minimum atomic E-state index is -0.0557. The third kappa shape index (κ3) is 3.93. The number of likely N-dealkylation sites (N-methyl/N-ethyl adjacent to an activating group) is 2. The Morgan fingerprint density at radius 3 is 2.52 bits per heavy atom. The fourth-order valence-corrected chi connectivity index (χ4v) is 3.41. The van der Waals surface area contributed by atoms with Gasteiger partial charge in [0.05, 0.1) is 10.2 Å². The molecule has 118 valence electrons. The lowest BCUT2D eigenvalue weighted by atomic mass is 9.91. The number of rotatable bonds is 2. The van der Waals surface area contributed by atoms with Gasteiger partial charge < -0.3 is 15.5 Å². The van der Waals surface area contributed by atoms with Crippen molar-refractivity contribution in [1.29, 1.82) is 0 Å². The van der Waals surface area contributed by atoms with Crippen molar-refractivity contribution in [3.63, 3.8) is 0 Å². The summed E-state index contributed by atoms with van der Waals surface area (Å²) in [6.07, 6.45) is 0.835. The van der Waals surface area contributed by atoms with Crippen molar-refractivity contribution < 1.29 is 0 Å². The standard InChI is InChI=1S/C15H26BrN5/c1-15(2,3)13-12(16)14(17)19-11(18-13)8-10-9-20(4)6-7-21(10)5/h10H,6-9H2,1-5H3,(H2,17,18,19). The van der Waals surface area contributed by atoms with Crippen molar-refractivity contribution in [3.8, 4) is 0 Å². The van der Waals surface area contributed by atoms with Crippen molar-refractivity contribution in [2.24, 2.45) is 0 Å². The second-order valence-corrected chi connectivity index (χ2v) is 7.83. The lowest BCUT2D eigenvalue weighted by molar-refractivity contribution is 0.113. The monoisotopic (exact) mass is 355 g/mol. The Morgan fingerprint density at radius 2 is 1.90 bits per heavy atom. The van der Waals surface area contributed by atoms with E-state index in [-0.39, 0.29) is 5.41 Å². The van der Waals surface area contributed by atoms with Gasteiger partial charge in [0.25, 0.3) is 0 Å². The van der Waals surface area contributed by atoms with Crippen LogP contribution in [0.3, 0.4) is 0 Å². The number of nitrogens with zero attached hydrogens (tertiary/aromatic N) is 4. The highest BCUT2D eigenvalue weighted by Crippen LogP contribution is 2.31. The molecule has 1 fully saturated rings. The summed E-state index contributed by atoms with van der Waals surface area (Å²) in [6.45, 7) is 9.67. The Hall–Kier alpha value is -0.720. The summed E-state index contributed by atoms with van der Waals surface area (Å²) in [4.78, 5) is 14.0. The number of aromatic nitrogens is 2. The van der Waals surface area contributed by atoms with Crippen LogP contribution in [0.4, 0.5) is 5.82 Å². The number of halogens is 1. The lowest BCUT2D eigenvalue weighted by Crippen LogP contribution is -2.51. The molecule has 0 aromatic carbocycles. The van der Waals surface area contributed by atoms with E-state index in [2.05, 4.69) is 65.6 Å². The number of anilines is 1. The van der Waals surface area contributed by atoms with Crippen LogP contribution in [0, 0.1) is 0 Å². The van der Waals surface area contributed by atoms with Crippen molar-refractivity contribution in [2.75, 3.05) is 39.5 Å². The van der Waals surface area contributed by atoms with Crippen LogP contribution in [0.25, 0.3) is 0 Å². The fraction of sp³-hybridized carbons (Fsp3) is 0.733. The number of hydrogen-bond acceptors (Lipinski definition) is 5. The van der Waals surface area contributed by atoms with Gasteiger partial charge in [-0.05, 0) is 30.0 Å². The van der Waals surface area contributed by atoms with E-state index >= 15 is 0 Å². The minimum Gasteiger partial charge on any atom is -0.383 e. The molecule has 1 aromatic heterocycles. The highest BCUT2D eigenvalue weighted by Gasteiger charge is 2.26. The van der Waals surface area contributed by atoms with Crippen LogP contribution in [0.1, 0.15) is 32.3 Å². The maximum atomic E-state index is 6.06. The molecule has 1 atom stereocenters. The van der Waals surface area contributed by atoms with Gasteiger partial charge in [0.2, 0.25) is 0 Å². The quantitative estimate of drug-likeness (QED) is 0.877. The third-order valence-corrected chi connectivity index (χ3v) is 4.81. The van der Waals surface area contributed by atoms with E-state index in [1.165, 1.54) is 0 Å². The Bertz CT molecular complexity index is 512. The number of nitrogen functional groups attached to an aromatic ring is 1. The molecular formula is C15H26BrN5. The van der Waals surface area contributed by atoms with Gasteiger partial charge in [-0.25, -0.2) is 9.97 Å². The molecule has 1 unspecified atom stereocenters. The number of piperazine rings is 1. The first-order chi connectivity index (χ1) is 9.68. The Labute approximate surface area is 136 Å². The Balaban J connectivity index is 2.26. The minimum absolute atomic E-state index is 0.0557. The van der Waals surface area contributed by atoms with E-state index in [4.69, 9.17) is 10.7 Å². The molecule has 1 aliphatic heterocycles. The third-order valence-electron chi connectivity index (χ3n) is 4.03. The van der Waals surface area contributed by atoms with E-state index in [1.807, 2.05) is 0 Å². The summed E-state index contributed by atoms with van der Waals surface area (Å²) in [5, 5.41) is 0. The summed E-state index contributed by atoms with van der Waals surface area (Å²) in [5.74, 6) is 1.38. The molecule has 5 nitrogen and oxygen atoms in total. The van der Waals surface area contributed by atoms with E-state index in [9.17, 15) is 0 Å². The van der Waals surface area contributed by atoms with Crippen LogP contribution in [0.5, 0.6) is 0 Å². The average molecular weight is 356 g/mol. The Kier molecular flexibility index (Phi) is 4.90. The molecule has 0 amide bonds. The van der Waals surface area contributed by atoms with E-state index in [1.54, 1.807) is 0 Å². The van der Waals surface area contributed by atoms with Crippen LogP contribution in [0.2, 0.25) is 0 Å². The molecule has 0 aliphatic carbocycles. The van der Waals surface area contributed by atoms with Crippen molar-refractivity contribution >= 4 is 21.7 Å². The van der Waals surface area contributed by atoms with Crippen LogP contribution >= 0.6 is 15.9 Å². The van der Waals surface area contributed by atoms with Gasteiger partial charge in [-0.15, -0.1) is 0 Å². The van der Waals surface area contributed by atoms with Gasteiger partial charge in [-0.3, -0.25) is 0 Å². The summed E-state index contributed by atoms with van der Waals surface area (Å²) >= 11 is 3.53. The molecular weight excluding hydrogens is 330 g/mol. The second-order valence-electron chi connectivity index (χ2n) is 7.04. The van der Waals surface area contributed by atoms with Gasteiger partial charge in [-0.2, -0.15) is 0 Å². The molecule has 2 heterocycles. The predicted octanol–water partition coefficient (Wildman–Crippen LogP) is 1.91. The number of nitrogens with two attached hydrogens (primary N) is 1. The Morgan fingerprint density at radius 1 is 1.24 bits per heavy atom. The van der Waals surface area contributed by atoms with Crippen molar-refractivity contribution in [3.05, 3.63) is 16.0 Å². The average Bonchev–Trinajstić information content (AvgIpc) is 2.36. The van der Waals surface area contributed by atoms with Crippen LogP contribution in [0.15, 0.2) is 4.47 Å². The fourth-order valence-electron chi connectivity index (χ4n) is 2.63. The molecule has 0 spiro atoms.